The molecular weight excluding hydrogens is 356 g/mol. The van der Waals surface area contributed by atoms with Gasteiger partial charge in [-0.2, -0.15) is 0 Å². The molecule has 5 nitrogen and oxygen atoms in total. The number of rotatable bonds is 6. The Morgan fingerprint density at radius 3 is 2.56 bits per heavy atom. The second-order valence-electron chi connectivity index (χ2n) is 6.68. The standard InChI is InChI=1S/C21H28N4OS/c1-2-22-21(24-16-19-7-6-14-27-19)23-15-17-8-10-18(11-9-17)20(26)25-12-4-3-5-13-25/h6-11,14H,2-5,12-13,15-16H2,1H3,(H2,22,23,24). The van der Waals surface area contributed by atoms with Gasteiger partial charge in [-0.3, -0.25) is 4.79 Å². The normalized spacial score (nSPS) is 14.9. The molecule has 1 fully saturated rings. The van der Waals surface area contributed by atoms with Gasteiger partial charge in [-0.25, -0.2) is 4.99 Å². The first-order valence-electron chi connectivity index (χ1n) is 9.69. The second-order valence-corrected chi connectivity index (χ2v) is 7.71. The number of aliphatic imine (C=N–C) groups is 1. The van der Waals surface area contributed by atoms with Crippen molar-refractivity contribution in [2.45, 2.75) is 39.3 Å². The van der Waals surface area contributed by atoms with Crippen LogP contribution in [-0.2, 0) is 13.1 Å². The number of benzene rings is 1. The van der Waals surface area contributed by atoms with Gasteiger partial charge in [0.1, 0.15) is 0 Å². The summed E-state index contributed by atoms with van der Waals surface area (Å²) in [6.45, 7) is 5.99. The van der Waals surface area contributed by atoms with Crippen LogP contribution in [0, 0.1) is 0 Å². The Kier molecular flexibility index (Phi) is 7.27. The van der Waals surface area contributed by atoms with E-state index in [0.717, 1.165) is 56.1 Å². The Bertz CT molecular complexity index is 734. The highest BCUT2D eigenvalue weighted by molar-refractivity contribution is 7.09. The predicted octanol–water partition coefficient (Wildman–Crippen LogP) is 3.63. The summed E-state index contributed by atoms with van der Waals surface area (Å²) >= 11 is 1.73. The van der Waals surface area contributed by atoms with E-state index in [9.17, 15) is 4.79 Å². The number of hydrogen-bond acceptors (Lipinski definition) is 3. The Labute approximate surface area is 165 Å². The molecule has 1 aliphatic heterocycles. The number of thiophene rings is 1. The van der Waals surface area contributed by atoms with Crippen LogP contribution in [0.3, 0.4) is 0 Å². The zero-order valence-corrected chi connectivity index (χ0v) is 16.7. The summed E-state index contributed by atoms with van der Waals surface area (Å²) in [5.41, 5.74) is 1.87. The van der Waals surface area contributed by atoms with Crippen molar-refractivity contribution in [1.82, 2.24) is 15.5 Å². The van der Waals surface area contributed by atoms with Crippen LogP contribution in [0.5, 0.6) is 0 Å². The zero-order chi connectivity index (χ0) is 18.9. The van der Waals surface area contributed by atoms with Gasteiger partial charge in [0.15, 0.2) is 5.96 Å². The number of nitrogens with zero attached hydrogens (tertiary/aromatic N) is 2. The van der Waals surface area contributed by atoms with Gasteiger partial charge in [0.25, 0.3) is 5.91 Å². The fraction of sp³-hybridized carbons (Fsp3) is 0.429. The van der Waals surface area contributed by atoms with Gasteiger partial charge >= 0.3 is 0 Å². The fourth-order valence-electron chi connectivity index (χ4n) is 3.13. The molecule has 0 saturated carbocycles. The molecule has 27 heavy (non-hydrogen) atoms. The molecule has 144 valence electrons. The lowest BCUT2D eigenvalue weighted by Gasteiger charge is -2.26. The highest BCUT2D eigenvalue weighted by Crippen LogP contribution is 2.14. The van der Waals surface area contributed by atoms with Gasteiger partial charge in [0.05, 0.1) is 13.1 Å². The van der Waals surface area contributed by atoms with Crippen molar-refractivity contribution >= 4 is 23.2 Å². The van der Waals surface area contributed by atoms with E-state index in [0.29, 0.717) is 6.54 Å². The van der Waals surface area contributed by atoms with Crippen molar-refractivity contribution in [1.29, 1.82) is 0 Å². The molecule has 2 aromatic rings. The average molecular weight is 385 g/mol. The van der Waals surface area contributed by atoms with E-state index < -0.39 is 0 Å². The third-order valence-electron chi connectivity index (χ3n) is 4.62. The highest BCUT2D eigenvalue weighted by atomic mass is 32.1. The lowest BCUT2D eigenvalue weighted by Crippen LogP contribution is -2.36. The van der Waals surface area contributed by atoms with Crippen molar-refractivity contribution in [3.8, 4) is 0 Å². The van der Waals surface area contributed by atoms with Gasteiger partial charge in [0, 0.05) is 30.1 Å². The molecule has 0 unspecified atom stereocenters. The zero-order valence-electron chi connectivity index (χ0n) is 15.9. The third kappa shape index (κ3) is 5.82. The molecule has 0 bridgehead atoms. The molecule has 3 rings (SSSR count). The first-order chi connectivity index (χ1) is 13.3. The highest BCUT2D eigenvalue weighted by Gasteiger charge is 2.17. The molecular formula is C21H28N4OS. The molecule has 0 spiro atoms. The minimum Gasteiger partial charge on any atom is -0.357 e. The first-order valence-corrected chi connectivity index (χ1v) is 10.6. The molecule has 0 aliphatic carbocycles. The quantitative estimate of drug-likeness (QED) is 0.591. The molecule has 1 aromatic heterocycles. The van der Waals surface area contributed by atoms with Crippen LogP contribution in [0.25, 0.3) is 0 Å². The van der Waals surface area contributed by atoms with E-state index in [1.54, 1.807) is 11.3 Å². The number of carbonyl (C=O) groups excluding carboxylic acids is 1. The van der Waals surface area contributed by atoms with Crippen molar-refractivity contribution < 1.29 is 4.79 Å². The van der Waals surface area contributed by atoms with Crippen molar-refractivity contribution in [2.75, 3.05) is 19.6 Å². The maximum atomic E-state index is 12.5. The number of likely N-dealkylation sites (tertiary alicyclic amines) is 1. The summed E-state index contributed by atoms with van der Waals surface area (Å²) < 4.78 is 0. The van der Waals surface area contributed by atoms with E-state index in [4.69, 9.17) is 0 Å². The van der Waals surface area contributed by atoms with Crippen LogP contribution in [0.2, 0.25) is 0 Å². The van der Waals surface area contributed by atoms with Crippen LogP contribution in [0.1, 0.15) is 47.0 Å². The minimum absolute atomic E-state index is 0.149. The Morgan fingerprint density at radius 2 is 1.89 bits per heavy atom. The van der Waals surface area contributed by atoms with Crippen LogP contribution < -0.4 is 10.6 Å². The largest absolute Gasteiger partial charge is 0.357 e. The van der Waals surface area contributed by atoms with Gasteiger partial charge in [-0.15, -0.1) is 11.3 Å². The average Bonchev–Trinajstić information content (AvgIpc) is 3.24. The predicted molar refractivity (Wildman–Crippen MR) is 112 cm³/mol. The Balaban J connectivity index is 1.56. The summed E-state index contributed by atoms with van der Waals surface area (Å²) in [5.74, 6) is 0.954. The maximum Gasteiger partial charge on any atom is 0.253 e. The van der Waals surface area contributed by atoms with Gasteiger partial charge < -0.3 is 15.5 Å². The number of piperidine rings is 1. The monoisotopic (exact) mass is 384 g/mol. The number of carbonyl (C=O) groups is 1. The molecule has 1 aromatic carbocycles. The Hall–Kier alpha value is -2.34. The number of guanidine groups is 1. The van der Waals surface area contributed by atoms with E-state index in [-0.39, 0.29) is 5.91 Å². The number of amides is 1. The summed E-state index contributed by atoms with van der Waals surface area (Å²) in [6.07, 6.45) is 3.46. The van der Waals surface area contributed by atoms with Gasteiger partial charge in [-0.05, 0) is 55.3 Å². The van der Waals surface area contributed by atoms with E-state index >= 15 is 0 Å². The van der Waals surface area contributed by atoms with Crippen molar-refractivity contribution in [3.63, 3.8) is 0 Å². The second kappa shape index (κ2) is 10.1. The summed E-state index contributed by atoms with van der Waals surface area (Å²) in [7, 11) is 0. The topological polar surface area (TPSA) is 56.7 Å². The molecule has 6 heteroatoms. The molecule has 1 aliphatic rings. The number of hydrogen-bond donors (Lipinski definition) is 2. The SMILES string of the molecule is CCNC(=NCc1ccc(C(=O)N2CCCCC2)cc1)NCc1cccs1. The third-order valence-corrected chi connectivity index (χ3v) is 5.49. The first kappa shape index (κ1) is 19.4. The molecule has 2 heterocycles. The van der Waals surface area contributed by atoms with Gasteiger partial charge in [-0.1, -0.05) is 18.2 Å². The van der Waals surface area contributed by atoms with E-state index in [1.165, 1.54) is 11.3 Å². The molecule has 1 amide bonds. The molecule has 0 atom stereocenters. The molecule has 0 radical (unpaired) electrons. The van der Waals surface area contributed by atoms with E-state index in [2.05, 4.69) is 40.1 Å². The van der Waals surface area contributed by atoms with Crippen molar-refractivity contribution in [2.24, 2.45) is 4.99 Å². The lowest BCUT2D eigenvalue weighted by atomic mass is 10.1. The smallest absolute Gasteiger partial charge is 0.253 e. The maximum absolute atomic E-state index is 12.5. The minimum atomic E-state index is 0.149. The van der Waals surface area contributed by atoms with Crippen LogP contribution in [0.4, 0.5) is 0 Å². The van der Waals surface area contributed by atoms with Gasteiger partial charge in [0.2, 0.25) is 0 Å². The van der Waals surface area contributed by atoms with Crippen LogP contribution in [-0.4, -0.2) is 36.4 Å². The van der Waals surface area contributed by atoms with Crippen LogP contribution in [0.15, 0.2) is 46.8 Å². The summed E-state index contributed by atoms with van der Waals surface area (Å²) in [4.78, 5) is 20.4. The van der Waals surface area contributed by atoms with Crippen molar-refractivity contribution in [3.05, 3.63) is 57.8 Å². The fourth-order valence-corrected chi connectivity index (χ4v) is 3.77. The lowest BCUT2D eigenvalue weighted by molar-refractivity contribution is 0.0724. The van der Waals surface area contributed by atoms with Crippen LogP contribution >= 0.6 is 11.3 Å². The van der Waals surface area contributed by atoms with E-state index in [1.807, 2.05) is 29.2 Å². The molecule has 1 saturated heterocycles. The Morgan fingerprint density at radius 1 is 1.11 bits per heavy atom. The summed E-state index contributed by atoms with van der Waals surface area (Å²) in [6, 6.07) is 12.0. The number of nitrogens with one attached hydrogen (secondary N) is 2. The summed E-state index contributed by atoms with van der Waals surface area (Å²) in [5, 5.41) is 8.70. The molecule has 2 N–H and O–H groups in total.